The summed E-state index contributed by atoms with van der Waals surface area (Å²) >= 11 is 4.48. The van der Waals surface area contributed by atoms with E-state index >= 15 is 0 Å². The Balaban J connectivity index is 1.44. The lowest BCUT2D eigenvalue weighted by molar-refractivity contribution is -0.133. The molecule has 3 rings (SSSR count). The van der Waals surface area contributed by atoms with Crippen molar-refractivity contribution in [1.82, 2.24) is 25.4 Å². The molecule has 0 aliphatic heterocycles. The average Bonchev–Trinajstić information content (AvgIpc) is 3.49. The van der Waals surface area contributed by atoms with Gasteiger partial charge in [-0.05, 0) is 42.0 Å². The summed E-state index contributed by atoms with van der Waals surface area (Å²) in [5.41, 5.74) is 0. The number of thioether (sulfide) groups is 1. The highest BCUT2D eigenvalue weighted by Gasteiger charge is 2.16. The van der Waals surface area contributed by atoms with Gasteiger partial charge in [0.2, 0.25) is 17.0 Å². The van der Waals surface area contributed by atoms with Gasteiger partial charge in [-0.3, -0.25) is 14.7 Å². The molecule has 3 heterocycles. The second kappa shape index (κ2) is 10.9. The summed E-state index contributed by atoms with van der Waals surface area (Å²) < 4.78 is 0. The van der Waals surface area contributed by atoms with Crippen molar-refractivity contribution in [1.29, 1.82) is 0 Å². The Labute approximate surface area is 181 Å². The van der Waals surface area contributed by atoms with E-state index in [2.05, 4.69) is 20.5 Å². The van der Waals surface area contributed by atoms with Gasteiger partial charge in [-0.25, -0.2) is 4.98 Å². The molecule has 2 N–H and O–H groups in total. The Kier molecular flexibility index (Phi) is 8.03. The number of hydrogen-bond acceptors (Lipinski definition) is 7. The number of carbonyl (C=O) groups is 2. The van der Waals surface area contributed by atoms with Crippen LogP contribution in [0.25, 0.3) is 12.2 Å². The van der Waals surface area contributed by atoms with Crippen molar-refractivity contribution in [2.75, 3.05) is 18.8 Å². The zero-order valence-corrected chi connectivity index (χ0v) is 18.3. The van der Waals surface area contributed by atoms with Crippen molar-refractivity contribution >= 4 is 58.4 Å². The van der Waals surface area contributed by atoms with Gasteiger partial charge in [-0.1, -0.05) is 23.9 Å². The standard InChI is InChI=1S/C19H21N5O2S3/c1-2-24(12-17(25)20-11-15-6-4-10-28-15)18(26)13-29-19-21-16(22-23-19)8-7-14-5-3-9-27-14/h3-10H,2,11-13H2,1H3,(H,20,25)(H,21,22,23)/b8-7+. The summed E-state index contributed by atoms with van der Waals surface area (Å²) in [6, 6.07) is 7.91. The molecule has 0 saturated heterocycles. The molecule has 7 nitrogen and oxygen atoms in total. The predicted molar refractivity (Wildman–Crippen MR) is 119 cm³/mol. The fourth-order valence-electron chi connectivity index (χ4n) is 2.37. The molecule has 2 amide bonds. The monoisotopic (exact) mass is 447 g/mol. The van der Waals surface area contributed by atoms with Crippen LogP contribution in [0, 0.1) is 0 Å². The highest BCUT2D eigenvalue weighted by atomic mass is 32.2. The van der Waals surface area contributed by atoms with Gasteiger partial charge in [0, 0.05) is 16.3 Å². The fourth-order valence-corrected chi connectivity index (χ4v) is 4.34. The Morgan fingerprint density at radius 3 is 2.79 bits per heavy atom. The van der Waals surface area contributed by atoms with Gasteiger partial charge in [-0.15, -0.1) is 27.8 Å². The Bertz CT molecular complexity index is 935. The summed E-state index contributed by atoms with van der Waals surface area (Å²) in [5.74, 6) is 0.522. The smallest absolute Gasteiger partial charge is 0.239 e. The molecule has 0 aliphatic carbocycles. The van der Waals surface area contributed by atoms with Crippen molar-refractivity contribution in [3.8, 4) is 0 Å². The largest absolute Gasteiger partial charge is 0.350 e. The number of thiophene rings is 2. The average molecular weight is 448 g/mol. The van der Waals surface area contributed by atoms with Crippen LogP contribution >= 0.6 is 34.4 Å². The second-order valence-electron chi connectivity index (χ2n) is 5.90. The number of carbonyl (C=O) groups excluding carboxylic acids is 2. The summed E-state index contributed by atoms with van der Waals surface area (Å²) in [5, 5.41) is 14.3. The third-order valence-corrected chi connectivity index (χ3v) is 6.41. The third-order valence-electron chi connectivity index (χ3n) is 3.86. The highest BCUT2D eigenvalue weighted by Crippen LogP contribution is 2.16. The maximum atomic E-state index is 12.5. The van der Waals surface area contributed by atoms with Crippen LogP contribution in [0.15, 0.2) is 40.2 Å². The van der Waals surface area contributed by atoms with Crippen molar-refractivity contribution in [2.24, 2.45) is 0 Å². The maximum absolute atomic E-state index is 12.5. The first-order valence-corrected chi connectivity index (χ1v) is 11.7. The van der Waals surface area contributed by atoms with Crippen LogP contribution in [-0.2, 0) is 16.1 Å². The van der Waals surface area contributed by atoms with Gasteiger partial charge in [-0.2, -0.15) is 0 Å². The second-order valence-corrected chi connectivity index (χ2v) is 8.86. The van der Waals surface area contributed by atoms with Crippen LogP contribution in [-0.4, -0.2) is 50.7 Å². The SMILES string of the molecule is CCN(CC(=O)NCc1cccs1)C(=O)CSc1n[nH]c(/C=C/c2cccs2)n1. The van der Waals surface area contributed by atoms with Crippen LogP contribution in [0.3, 0.4) is 0 Å². The summed E-state index contributed by atoms with van der Waals surface area (Å²) in [6.45, 7) is 2.85. The van der Waals surface area contributed by atoms with E-state index in [9.17, 15) is 9.59 Å². The molecule has 0 aliphatic rings. The zero-order valence-electron chi connectivity index (χ0n) is 15.8. The van der Waals surface area contributed by atoms with Gasteiger partial charge in [0.1, 0.15) is 5.82 Å². The van der Waals surface area contributed by atoms with Crippen molar-refractivity contribution < 1.29 is 9.59 Å². The van der Waals surface area contributed by atoms with Crippen LogP contribution < -0.4 is 5.32 Å². The third kappa shape index (κ3) is 6.84. The van der Waals surface area contributed by atoms with E-state index in [1.165, 1.54) is 16.7 Å². The van der Waals surface area contributed by atoms with Crippen molar-refractivity contribution in [3.05, 3.63) is 50.6 Å². The van der Waals surface area contributed by atoms with Gasteiger partial charge in [0.05, 0.1) is 18.8 Å². The first-order valence-electron chi connectivity index (χ1n) is 8.97. The number of nitrogens with one attached hydrogen (secondary N) is 2. The quantitative estimate of drug-likeness (QED) is 0.465. The number of aromatic nitrogens is 3. The van der Waals surface area contributed by atoms with Gasteiger partial charge in [0.25, 0.3) is 0 Å². The molecule has 0 bridgehead atoms. The molecule has 0 atom stereocenters. The van der Waals surface area contributed by atoms with E-state index in [1.807, 2.05) is 54.1 Å². The van der Waals surface area contributed by atoms with Crippen molar-refractivity contribution in [2.45, 2.75) is 18.6 Å². The number of amides is 2. The Morgan fingerprint density at radius 1 is 1.24 bits per heavy atom. The molecular formula is C19H21N5O2S3. The molecule has 0 unspecified atom stereocenters. The predicted octanol–water partition coefficient (Wildman–Crippen LogP) is 3.36. The van der Waals surface area contributed by atoms with E-state index in [4.69, 9.17) is 0 Å². The van der Waals surface area contributed by atoms with E-state index in [0.717, 1.165) is 9.75 Å². The first-order chi connectivity index (χ1) is 14.1. The van der Waals surface area contributed by atoms with Crippen LogP contribution in [0.2, 0.25) is 0 Å². The first kappa shape index (κ1) is 21.3. The lowest BCUT2D eigenvalue weighted by Gasteiger charge is -2.19. The number of H-pyrrole nitrogens is 1. The number of hydrogen-bond donors (Lipinski definition) is 2. The van der Waals surface area contributed by atoms with E-state index in [-0.39, 0.29) is 24.1 Å². The molecule has 0 fully saturated rings. The lowest BCUT2D eigenvalue weighted by atomic mass is 10.4. The molecule has 3 aromatic rings. The number of likely N-dealkylation sites (N-methyl/N-ethyl adjacent to an activating group) is 1. The summed E-state index contributed by atoms with van der Waals surface area (Å²) in [7, 11) is 0. The maximum Gasteiger partial charge on any atom is 0.239 e. The zero-order chi connectivity index (χ0) is 20.5. The molecule has 152 valence electrons. The van der Waals surface area contributed by atoms with Crippen LogP contribution in [0.1, 0.15) is 22.5 Å². The number of rotatable bonds is 10. The van der Waals surface area contributed by atoms with Crippen molar-refractivity contribution in [3.63, 3.8) is 0 Å². The molecule has 0 spiro atoms. The van der Waals surface area contributed by atoms with Gasteiger partial charge in [0.15, 0.2) is 0 Å². The number of nitrogens with zero attached hydrogens (tertiary/aromatic N) is 3. The topological polar surface area (TPSA) is 91.0 Å². The molecular weight excluding hydrogens is 426 g/mol. The molecule has 0 radical (unpaired) electrons. The lowest BCUT2D eigenvalue weighted by Crippen LogP contribution is -2.41. The van der Waals surface area contributed by atoms with Crippen LogP contribution in [0.5, 0.6) is 0 Å². The van der Waals surface area contributed by atoms with E-state index < -0.39 is 0 Å². The molecule has 10 heteroatoms. The fraction of sp³-hybridized carbons (Fsp3) is 0.263. The molecule has 0 aromatic carbocycles. The minimum absolute atomic E-state index is 0.0457. The van der Waals surface area contributed by atoms with Crippen LogP contribution in [0.4, 0.5) is 0 Å². The minimum atomic E-state index is -0.169. The molecule has 3 aromatic heterocycles. The summed E-state index contributed by atoms with van der Waals surface area (Å²) in [4.78, 5) is 32.7. The normalized spacial score (nSPS) is 11.1. The summed E-state index contributed by atoms with van der Waals surface area (Å²) in [6.07, 6.45) is 3.80. The minimum Gasteiger partial charge on any atom is -0.350 e. The van der Waals surface area contributed by atoms with Gasteiger partial charge >= 0.3 is 0 Å². The van der Waals surface area contributed by atoms with E-state index in [1.54, 1.807) is 22.7 Å². The number of aromatic amines is 1. The van der Waals surface area contributed by atoms with Gasteiger partial charge < -0.3 is 10.2 Å². The molecule has 29 heavy (non-hydrogen) atoms. The highest BCUT2D eigenvalue weighted by molar-refractivity contribution is 7.99. The van der Waals surface area contributed by atoms with E-state index in [0.29, 0.717) is 24.1 Å². The Morgan fingerprint density at radius 2 is 2.07 bits per heavy atom. The molecule has 0 saturated carbocycles. The Hall–Kier alpha value is -2.43.